The van der Waals surface area contributed by atoms with Crippen LogP contribution in [-0.2, 0) is 6.42 Å². The van der Waals surface area contributed by atoms with Crippen LogP contribution >= 0.6 is 0 Å². The molecule has 0 radical (unpaired) electrons. The lowest BCUT2D eigenvalue weighted by atomic mass is 10.1. The van der Waals surface area contributed by atoms with Crippen molar-refractivity contribution in [3.63, 3.8) is 0 Å². The van der Waals surface area contributed by atoms with Crippen LogP contribution in [0.4, 0.5) is 5.69 Å². The molecule has 0 amide bonds. The van der Waals surface area contributed by atoms with Gasteiger partial charge in [0.25, 0.3) is 0 Å². The van der Waals surface area contributed by atoms with E-state index >= 15 is 0 Å². The topological polar surface area (TPSA) is 74.7 Å². The van der Waals surface area contributed by atoms with Crippen molar-refractivity contribution in [3.8, 4) is 6.07 Å². The maximum Gasteiger partial charge on any atom is 0.213 e. The Balaban J connectivity index is 1.97. The standard InChI is InChI=1S/C12H12N4O/c1-9-2-3-11(10(6-9)7-13)14-5-4-12-15-8-17-16-12/h2-3,6,8,14H,4-5H2,1H3. The molecule has 0 bridgehead atoms. The van der Waals surface area contributed by atoms with Gasteiger partial charge in [0.1, 0.15) is 6.07 Å². The van der Waals surface area contributed by atoms with Gasteiger partial charge in [-0.25, -0.2) is 0 Å². The molecule has 0 saturated heterocycles. The van der Waals surface area contributed by atoms with Gasteiger partial charge in [-0.3, -0.25) is 0 Å². The van der Waals surface area contributed by atoms with Crippen molar-refractivity contribution in [1.29, 1.82) is 5.26 Å². The fourth-order valence-electron chi connectivity index (χ4n) is 1.52. The maximum absolute atomic E-state index is 9.00. The summed E-state index contributed by atoms with van der Waals surface area (Å²) in [4.78, 5) is 3.92. The Hall–Kier alpha value is -2.35. The van der Waals surface area contributed by atoms with E-state index in [4.69, 9.17) is 5.26 Å². The van der Waals surface area contributed by atoms with Gasteiger partial charge in [0.15, 0.2) is 5.82 Å². The van der Waals surface area contributed by atoms with E-state index in [9.17, 15) is 0 Å². The van der Waals surface area contributed by atoms with E-state index in [2.05, 4.69) is 26.0 Å². The lowest BCUT2D eigenvalue weighted by molar-refractivity contribution is 0.410. The molecule has 0 spiro atoms. The number of nitriles is 1. The predicted molar refractivity (Wildman–Crippen MR) is 62.4 cm³/mol. The summed E-state index contributed by atoms with van der Waals surface area (Å²) >= 11 is 0. The van der Waals surface area contributed by atoms with E-state index in [-0.39, 0.29) is 0 Å². The number of nitrogens with one attached hydrogen (secondary N) is 1. The van der Waals surface area contributed by atoms with Crippen LogP contribution in [0.25, 0.3) is 0 Å². The van der Waals surface area contributed by atoms with Crippen LogP contribution in [0, 0.1) is 18.3 Å². The molecule has 1 aromatic heterocycles. The summed E-state index contributed by atoms with van der Waals surface area (Å²) in [5.74, 6) is 0.656. The number of rotatable bonds is 4. The molecular formula is C12H12N4O. The molecule has 5 heteroatoms. The van der Waals surface area contributed by atoms with Crippen LogP contribution < -0.4 is 5.32 Å². The Morgan fingerprint density at radius 3 is 3.06 bits per heavy atom. The molecule has 2 aromatic rings. The normalized spacial score (nSPS) is 9.88. The van der Waals surface area contributed by atoms with Crippen molar-refractivity contribution in [3.05, 3.63) is 41.5 Å². The van der Waals surface area contributed by atoms with Gasteiger partial charge in [0, 0.05) is 13.0 Å². The van der Waals surface area contributed by atoms with E-state index in [0.29, 0.717) is 24.4 Å². The summed E-state index contributed by atoms with van der Waals surface area (Å²) < 4.78 is 4.64. The molecule has 0 aliphatic heterocycles. The summed E-state index contributed by atoms with van der Waals surface area (Å²) in [5, 5.41) is 15.9. The summed E-state index contributed by atoms with van der Waals surface area (Å²) in [6, 6.07) is 7.90. The minimum Gasteiger partial charge on any atom is -0.384 e. The number of aromatic nitrogens is 2. The minimum absolute atomic E-state index is 0.651. The first-order valence-electron chi connectivity index (χ1n) is 5.29. The van der Waals surface area contributed by atoms with Crippen LogP contribution in [0.3, 0.4) is 0 Å². The molecule has 0 unspecified atom stereocenters. The highest BCUT2D eigenvalue weighted by molar-refractivity contribution is 5.58. The zero-order valence-corrected chi connectivity index (χ0v) is 9.47. The molecule has 0 saturated carbocycles. The number of hydrogen-bond donors (Lipinski definition) is 1. The van der Waals surface area contributed by atoms with Crippen molar-refractivity contribution in [1.82, 2.24) is 10.1 Å². The molecule has 0 aliphatic carbocycles. The zero-order chi connectivity index (χ0) is 12.1. The fraction of sp³-hybridized carbons (Fsp3) is 0.250. The van der Waals surface area contributed by atoms with Crippen molar-refractivity contribution < 1.29 is 4.52 Å². The van der Waals surface area contributed by atoms with Gasteiger partial charge in [0.05, 0.1) is 11.3 Å². The average molecular weight is 228 g/mol. The minimum atomic E-state index is 0.651. The first-order valence-corrected chi connectivity index (χ1v) is 5.29. The van der Waals surface area contributed by atoms with E-state index in [1.54, 1.807) is 0 Å². The molecule has 5 nitrogen and oxygen atoms in total. The second-order valence-corrected chi connectivity index (χ2v) is 3.69. The molecule has 1 aromatic carbocycles. The van der Waals surface area contributed by atoms with E-state index in [1.807, 2.05) is 25.1 Å². The molecule has 17 heavy (non-hydrogen) atoms. The van der Waals surface area contributed by atoms with Gasteiger partial charge in [-0.05, 0) is 24.6 Å². The maximum atomic E-state index is 9.00. The highest BCUT2D eigenvalue weighted by Gasteiger charge is 2.02. The Morgan fingerprint density at radius 1 is 1.47 bits per heavy atom. The van der Waals surface area contributed by atoms with Crippen LogP contribution in [-0.4, -0.2) is 16.7 Å². The average Bonchev–Trinajstić information content (AvgIpc) is 2.84. The van der Waals surface area contributed by atoms with Gasteiger partial charge in [-0.2, -0.15) is 10.2 Å². The Labute approximate surface area is 99.1 Å². The Kier molecular flexibility index (Phi) is 3.36. The van der Waals surface area contributed by atoms with Gasteiger partial charge in [-0.1, -0.05) is 11.2 Å². The lowest BCUT2D eigenvalue weighted by Crippen LogP contribution is -2.07. The Bertz CT molecular complexity index is 528. The molecular weight excluding hydrogens is 216 g/mol. The smallest absolute Gasteiger partial charge is 0.213 e. The second kappa shape index (κ2) is 5.12. The number of hydrogen-bond acceptors (Lipinski definition) is 5. The number of anilines is 1. The molecule has 0 aliphatic rings. The van der Waals surface area contributed by atoms with E-state index in [0.717, 1.165) is 11.3 Å². The van der Waals surface area contributed by atoms with Crippen molar-refractivity contribution >= 4 is 5.69 Å². The monoisotopic (exact) mass is 228 g/mol. The summed E-state index contributed by atoms with van der Waals surface area (Å²) in [6.45, 7) is 2.63. The summed E-state index contributed by atoms with van der Waals surface area (Å²) in [6.07, 6.45) is 1.97. The van der Waals surface area contributed by atoms with E-state index < -0.39 is 0 Å². The molecule has 1 N–H and O–H groups in total. The third-order valence-electron chi connectivity index (χ3n) is 2.37. The zero-order valence-electron chi connectivity index (χ0n) is 9.47. The summed E-state index contributed by atoms with van der Waals surface area (Å²) in [7, 11) is 0. The van der Waals surface area contributed by atoms with Crippen LogP contribution in [0.1, 0.15) is 17.0 Å². The Morgan fingerprint density at radius 2 is 2.35 bits per heavy atom. The lowest BCUT2D eigenvalue weighted by Gasteiger charge is -2.07. The fourth-order valence-corrected chi connectivity index (χ4v) is 1.52. The third-order valence-corrected chi connectivity index (χ3v) is 2.37. The number of benzene rings is 1. The molecule has 86 valence electrons. The van der Waals surface area contributed by atoms with Gasteiger partial charge in [-0.15, -0.1) is 0 Å². The second-order valence-electron chi connectivity index (χ2n) is 3.69. The van der Waals surface area contributed by atoms with Crippen molar-refractivity contribution in [2.24, 2.45) is 0 Å². The first-order chi connectivity index (χ1) is 8.29. The van der Waals surface area contributed by atoms with Gasteiger partial charge >= 0.3 is 0 Å². The van der Waals surface area contributed by atoms with Crippen LogP contribution in [0.2, 0.25) is 0 Å². The molecule has 2 rings (SSSR count). The molecule has 1 heterocycles. The van der Waals surface area contributed by atoms with Gasteiger partial charge in [0.2, 0.25) is 6.39 Å². The highest BCUT2D eigenvalue weighted by Crippen LogP contribution is 2.16. The van der Waals surface area contributed by atoms with Crippen molar-refractivity contribution in [2.75, 3.05) is 11.9 Å². The van der Waals surface area contributed by atoms with Gasteiger partial charge < -0.3 is 9.84 Å². The molecule has 0 fully saturated rings. The first kappa shape index (κ1) is 11.1. The highest BCUT2D eigenvalue weighted by atomic mass is 16.5. The largest absolute Gasteiger partial charge is 0.384 e. The van der Waals surface area contributed by atoms with Crippen LogP contribution in [0.15, 0.2) is 29.1 Å². The van der Waals surface area contributed by atoms with Crippen molar-refractivity contribution in [2.45, 2.75) is 13.3 Å². The SMILES string of the molecule is Cc1ccc(NCCc2ncon2)c(C#N)c1. The third kappa shape index (κ3) is 2.82. The summed E-state index contributed by atoms with van der Waals surface area (Å²) in [5.41, 5.74) is 2.56. The number of nitrogens with zero attached hydrogens (tertiary/aromatic N) is 3. The van der Waals surface area contributed by atoms with Crippen LogP contribution in [0.5, 0.6) is 0 Å². The predicted octanol–water partition coefficient (Wildman–Crippen LogP) is 1.90. The van der Waals surface area contributed by atoms with E-state index in [1.165, 1.54) is 6.39 Å². The molecule has 0 atom stereocenters. The number of aryl methyl sites for hydroxylation is 1. The quantitative estimate of drug-likeness (QED) is 0.865.